The average Bonchev–Trinajstić information content (AvgIpc) is 2.49. The molecule has 22 heavy (non-hydrogen) atoms. The highest BCUT2D eigenvalue weighted by Gasteiger charge is 2.08. The third kappa shape index (κ3) is 4.93. The monoisotopic (exact) mass is 339 g/mol. The summed E-state index contributed by atoms with van der Waals surface area (Å²) >= 11 is 7.36. The molecule has 2 aromatic carbocycles. The van der Waals surface area contributed by atoms with Crippen LogP contribution in [0.4, 0.5) is 10.1 Å². The van der Waals surface area contributed by atoms with Crippen molar-refractivity contribution in [2.75, 3.05) is 18.2 Å². The Balaban J connectivity index is 1.85. The van der Waals surface area contributed by atoms with Crippen LogP contribution in [0, 0.1) is 5.82 Å². The Bertz CT molecular complexity index is 649. The number of ether oxygens (including phenoxy) is 1. The Morgan fingerprint density at radius 1 is 1.27 bits per heavy atom. The third-order valence-electron chi connectivity index (χ3n) is 2.85. The van der Waals surface area contributed by atoms with E-state index in [9.17, 15) is 9.18 Å². The second-order valence-corrected chi connectivity index (χ2v) is 5.93. The maximum atomic E-state index is 12.8. The van der Waals surface area contributed by atoms with Gasteiger partial charge in [-0.3, -0.25) is 4.79 Å². The van der Waals surface area contributed by atoms with Gasteiger partial charge in [0.15, 0.2) is 0 Å². The molecule has 1 N–H and O–H groups in total. The van der Waals surface area contributed by atoms with Crippen LogP contribution in [0.3, 0.4) is 0 Å². The molecular formula is C16H15ClFNO2S. The molecule has 0 aromatic heterocycles. The van der Waals surface area contributed by atoms with E-state index in [1.807, 2.05) is 0 Å². The summed E-state index contributed by atoms with van der Waals surface area (Å²) in [4.78, 5) is 11.9. The summed E-state index contributed by atoms with van der Waals surface area (Å²) in [5.41, 5.74) is 1.52. The molecule has 0 saturated carbocycles. The van der Waals surface area contributed by atoms with Crippen molar-refractivity contribution < 1.29 is 13.9 Å². The first kappa shape index (κ1) is 16.6. The summed E-state index contributed by atoms with van der Waals surface area (Å²) in [6.45, 7) is 0. The van der Waals surface area contributed by atoms with Crippen molar-refractivity contribution in [3.8, 4) is 5.75 Å². The maximum Gasteiger partial charge on any atom is 0.234 e. The molecule has 0 spiro atoms. The minimum absolute atomic E-state index is 0.146. The van der Waals surface area contributed by atoms with Gasteiger partial charge in [0.2, 0.25) is 5.91 Å². The first-order chi connectivity index (χ1) is 10.6. The smallest absolute Gasteiger partial charge is 0.234 e. The van der Waals surface area contributed by atoms with E-state index in [1.165, 1.54) is 31.0 Å². The lowest BCUT2D eigenvalue weighted by Gasteiger charge is -2.10. The predicted molar refractivity (Wildman–Crippen MR) is 89.2 cm³/mol. The number of carbonyl (C=O) groups is 1. The molecule has 0 aliphatic rings. The molecule has 2 aromatic rings. The van der Waals surface area contributed by atoms with Gasteiger partial charge >= 0.3 is 0 Å². The van der Waals surface area contributed by atoms with Gasteiger partial charge in [0.1, 0.15) is 11.6 Å². The van der Waals surface area contributed by atoms with Crippen molar-refractivity contribution >= 4 is 35.0 Å². The molecule has 0 radical (unpaired) electrons. The Morgan fingerprint density at radius 2 is 2.00 bits per heavy atom. The van der Waals surface area contributed by atoms with E-state index >= 15 is 0 Å². The van der Waals surface area contributed by atoms with E-state index in [2.05, 4.69) is 5.32 Å². The molecule has 3 nitrogen and oxygen atoms in total. The van der Waals surface area contributed by atoms with Gasteiger partial charge in [-0.05, 0) is 35.9 Å². The van der Waals surface area contributed by atoms with E-state index < -0.39 is 0 Å². The van der Waals surface area contributed by atoms with Crippen LogP contribution in [0.15, 0.2) is 42.5 Å². The Labute approximate surface area is 137 Å². The number of carbonyl (C=O) groups excluding carboxylic acids is 1. The summed E-state index contributed by atoms with van der Waals surface area (Å²) in [5.74, 6) is 1.07. The largest absolute Gasteiger partial charge is 0.495 e. The van der Waals surface area contributed by atoms with Gasteiger partial charge in [0.25, 0.3) is 0 Å². The molecule has 6 heteroatoms. The Hall–Kier alpha value is -1.72. The van der Waals surface area contributed by atoms with E-state index in [4.69, 9.17) is 16.3 Å². The second-order valence-electron chi connectivity index (χ2n) is 4.51. The van der Waals surface area contributed by atoms with Gasteiger partial charge in [-0.25, -0.2) is 4.39 Å². The Morgan fingerprint density at radius 3 is 2.68 bits per heavy atom. The summed E-state index contributed by atoms with van der Waals surface area (Å²) in [7, 11) is 1.53. The molecule has 0 saturated heterocycles. The van der Waals surface area contributed by atoms with Gasteiger partial charge in [-0.15, -0.1) is 11.8 Å². The topological polar surface area (TPSA) is 38.3 Å². The molecule has 1 amide bonds. The van der Waals surface area contributed by atoms with Crippen LogP contribution in [0.25, 0.3) is 0 Å². The lowest BCUT2D eigenvalue weighted by molar-refractivity contribution is -0.113. The van der Waals surface area contributed by atoms with Crippen molar-refractivity contribution in [1.29, 1.82) is 0 Å². The van der Waals surface area contributed by atoms with Crippen molar-refractivity contribution in [2.24, 2.45) is 0 Å². The van der Waals surface area contributed by atoms with Crippen LogP contribution in [0.5, 0.6) is 5.75 Å². The number of hydrogen-bond donors (Lipinski definition) is 1. The van der Waals surface area contributed by atoms with Crippen LogP contribution in [-0.4, -0.2) is 18.8 Å². The number of amides is 1. The molecule has 0 unspecified atom stereocenters. The fraction of sp³-hybridized carbons (Fsp3) is 0.188. The van der Waals surface area contributed by atoms with Crippen molar-refractivity contribution in [3.63, 3.8) is 0 Å². The summed E-state index contributed by atoms with van der Waals surface area (Å²) in [6.07, 6.45) is 0. The molecule has 0 heterocycles. The van der Waals surface area contributed by atoms with Crippen LogP contribution in [0.2, 0.25) is 5.02 Å². The number of rotatable bonds is 6. The van der Waals surface area contributed by atoms with Gasteiger partial charge in [-0.1, -0.05) is 23.7 Å². The molecular weight excluding hydrogens is 325 g/mol. The van der Waals surface area contributed by atoms with Crippen molar-refractivity contribution in [1.82, 2.24) is 0 Å². The van der Waals surface area contributed by atoms with Crippen LogP contribution >= 0.6 is 23.4 Å². The molecule has 116 valence electrons. The van der Waals surface area contributed by atoms with Gasteiger partial charge in [0, 0.05) is 10.8 Å². The number of benzene rings is 2. The summed E-state index contributed by atoms with van der Waals surface area (Å²) in [6, 6.07) is 11.3. The standard InChI is InChI=1S/C16H15ClFNO2S/c1-21-15-7-4-12(17)8-14(15)19-16(20)10-22-9-11-2-5-13(18)6-3-11/h2-8H,9-10H2,1H3,(H,19,20). The minimum atomic E-state index is -0.264. The molecule has 0 aliphatic carbocycles. The van der Waals surface area contributed by atoms with Crippen LogP contribution in [0.1, 0.15) is 5.56 Å². The third-order valence-corrected chi connectivity index (χ3v) is 4.09. The number of halogens is 2. The van der Waals surface area contributed by atoms with Crippen LogP contribution in [-0.2, 0) is 10.5 Å². The first-order valence-corrected chi connectivity index (χ1v) is 8.07. The van der Waals surface area contributed by atoms with Gasteiger partial charge in [0.05, 0.1) is 18.6 Å². The summed E-state index contributed by atoms with van der Waals surface area (Å²) in [5, 5.41) is 3.29. The normalized spacial score (nSPS) is 10.3. The first-order valence-electron chi connectivity index (χ1n) is 6.54. The molecule has 2 rings (SSSR count). The number of anilines is 1. The highest BCUT2D eigenvalue weighted by molar-refractivity contribution is 7.99. The minimum Gasteiger partial charge on any atom is -0.495 e. The quantitative estimate of drug-likeness (QED) is 0.849. The van der Waals surface area contributed by atoms with Crippen molar-refractivity contribution in [2.45, 2.75) is 5.75 Å². The summed E-state index contributed by atoms with van der Waals surface area (Å²) < 4.78 is 18.0. The van der Waals surface area contributed by atoms with E-state index in [1.54, 1.807) is 30.3 Å². The highest BCUT2D eigenvalue weighted by Crippen LogP contribution is 2.27. The van der Waals surface area contributed by atoms with E-state index in [-0.39, 0.29) is 17.5 Å². The molecule has 0 bridgehead atoms. The zero-order valence-corrected chi connectivity index (χ0v) is 13.5. The molecule has 0 fully saturated rings. The molecule has 0 atom stereocenters. The predicted octanol–water partition coefficient (Wildman–Crippen LogP) is 4.36. The number of methoxy groups -OCH3 is 1. The SMILES string of the molecule is COc1ccc(Cl)cc1NC(=O)CSCc1ccc(F)cc1. The van der Waals surface area contributed by atoms with Crippen LogP contribution < -0.4 is 10.1 Å². The maximum absolute atomic E-state index is 12.8. The van der Waals surface area contributed by atoms with E-state index in [0.717, 1.165) is 5.56 Å². The number of thioether (sulfide) groups is 1. The highest BCUT2D eigenvalue weighted by atomic mass is 35.5. The fourth-order valence-corrected chi connectivity index (χ4v) is 2.77. The zero-order chi connectivity index (χ0) is 15.9. The fourth-order valence-electron chi connectivity index (χ4n) is 1.81. The molecule has 0 aliphatic heterocycles. The second kappa shape index (κ2) is 8.06. The lowest BCUT2D eigenvalue weighted by atomic mass is 10.2. The lowest BCUT2D eigenvalue weighted by Crippen LogP contribution is -2.14. The number of nitrogens with one attached hydrogen (secondary N) is 1. The Kier molecular flexibility index (Phi) is 6.10. The zero-order valence-electron chi connectivity index (χ0n) is 11.9. The van der Waals surface area contributed by atoms with E-state index in [0.29, 0.717) is 22.2 Å². The number of hydrogen-bond acceptors (Lipinski definition) is 3. The van der Waals surface area contributed by atoms with Crippen molar-refractivity contribution in [3.05, 3.63) is 58.9 Å². The average molecular weight is 340 g/mol. The van der Waals surface area contributed by atoms with Gasteiger partial charge in [-0.2, -0.15) is 0 Å². The van der Waals surface area contributed by atoms with Gasteiger partial charge < -0.3 is 10.1 Å².